The summed E-state index contributed by atoms with van der Waals surface area (Å²) < 4.78 is 12.0. The van der Waals surface area contributed by atoms with Crippen LogP contribution in [-0.2, 0) is 20.7 Å². The predicted molar refractivity (Wildman–Crippen MR) is 132 cm³/mol. The van der Waals surface area contributed by atoms with E-state index in [2.05, 4.69) is 5.32 Å². The van der Waals surface area contributed by atoms with E-state index in [1.165, 1.54) is 0 Å². The molecule has 0 saturated carbocycles. The van der Waals surface area contributed by atoms with Gasteiger partial charge in [-0.25, -0.2) is 0 Å². The van der Waals surface area contributed by atoms with Crippen LogP contribution in [0.15, 0.2) is 66.2 Å². The standard InChI is InChI=1S/C28H32N2O6/c31-13-12-29-28(34)21-16-22(26(33)27-25(21)20-10-4-5-11-23(20)36-27)30(17-19-9-6-14-35-19)24(32)15-18-7-2-1-3-8-18/h1-5,7-8,10-11,16,19,22,25-27,31,33H,6,9,12-15,17H2,(H,29,34)/t19-,22+,25-,26-,27-/m0/s1. The SMILES string of the molecule is O=C(NCCO)C1=C[C@@H](N(C[C@@H]2CCCO2)C(=O)Cc2ccccc2)[C@H](O)[C@H]2Oc3ccccc3[C@@H]12. The largest absolute Gasteiger partial charge is 0.486 e. The number of hydrogen-bond acceptors (Lipinski definition) is 6. The monoisotopic (exact) mass is 492 g/mol. The summed E-state index contributed by atoms with van der Waals surface area (Å²) in [5.41, 5.74) is 2.13. The number of rotatable bonds is 8. The van der Waals surface area contributed by atoms with Crippen molar-refractivity contribution in [1.82, 2.24) is 10.2 Å². The molecule has 0 spiro atoms. The fourth-order valence-electron chi connectivity index (χ4n) is 5.46. The molecule has 2 aliphatic heterocycles. The van der Waals surface area contributed by atoms with E-state index in [-0.39, 0.29) is 37.5 Å². The minimum Gasteiger partial charge on any atom is -0.486 e. The number of aliphatic hydroxyl groups is 2. The summed E-state index contributed by atoms with van der Waals surface area (Å²) in [5.74, 6) is -0.348. The lowest BCUT2D eigenvalue weighted by Gasteiger charge is -2.41. The Hall–Kier alpha value is -3.20. The van der Waals surface area contributed by atoms with Crippen molar-refractivity contribution in [2.45, 2.75) is 49.5 Å². The second-order valence-corrected chi connectivity index (χ2v) is 9.52. The summed E-state index contributed by atoms with van der Waals surface area (Å²) >= 11 is 0. The maximum Gasteiger partial charge on any atom is 0.247 e. The second-order valence-electron chi connectivity index (χ2n) is 9.52. The van der Waals surface area contributed by atoms with Gasteiger partial charge in [0.2, 0.25) is 11.8 Å². The number of fused-ring (bicyclic) bond motifs is 3. The Balaban J connectivity index is 1.51. The molecule has 0 radical (unpaired) electrons. The van der Waals surface area contributed by atoms with E-state index in [0.29, 0.717) is 24.5 Å². The Morgan fingerprint density at radius 3 is 2.61 bits per heavy atom. The molecular weight excluding hydrogens is 460 g/mol. The van der Waals surface area contributed by atoms with Crippen molar-refractivity contribution in [2.24, 2.45) is 0 Å². The van der Waals surface area contributed by atoms with Gasteiger partial charge in [0.05, 0.1) is 31.1 Å². The lowest BCUT2D eigenvalue weighted by atomic mass is 9.77. The number of ether oxygens (including phenoxy) is 2. The average Bonchev–Trinajstić information content (AvgIpc) is 3.55. The molecule has 0 unspecified atom stereocenters. The summed E-state index contributed by atoms with van der Waals surface area (Å²) in [5, 5.41) is 23.6. The van der Waals surface area contributed by atoms with Crippen LogP contribution in [0.1, 0.15) is 29.9 Å². The van der Waals surface area contributed by atoms with Crippen molar-refractivity contribution in [2.75, 3.05) is 26.3 Å². The summed E-state index contributed by atoms with van der Waals surface area (Å²) in [6, 6.07) is 16.1. The molecule has 2 amide bonds. The second kappa shape index (κ2) is 10.8. The van der Waals surface area contributed by atoms with Gasteiger partial charge in [-0.3, -0.25) is 9.59 Å². The van der Waals surface area contributed by atoms with E-state index in [1.807, 2.05) is 54.6 Å². The quantitative estimate of drug-likeness (QED) is 0.516. The number of hydrogen-bond donors (Lipinski definition) is 3. The molecule has 8 nitrogen and oxygen atoms in total. The lowest BCUT2D eigenvalue weighted by Crippen LogP contribution is -2.57. The first kappa shape index (κ1) is 24.5. The van der Waals surface area contributed by atoms with Gasteiger partial charge in [0.1, 0.15) is 18.0 Å². The fraction of sp³-hybridized carbons (Fsp3) is 0.429. The molecule has 0 bridgehead atoms. The van der Waals surface area contributed by atoms with Gasteiger partial charge >= 0.3 is 0 Å². The molecule has 2 aromatic rings. The summed E-state index contributed by atoms with van der Waals surface area (Å²) in [6.07, 6.45) is 1.75. The van der Waals surface area contributed by atoms with Gasteiger partial charge in [0, 0.05) is 30.8 Å². The number of para-hydroxylation sites is 1. The van der Waals surface area contributed by atoms with Gasteiger partial charge in [-0.1, -0.05) is 48.5 Å². The first-order chi connectivity index (χ1) is 17.6. The number of carbonyl (C=O) groups is 2. The van der Waals surface area contributed by atoms with Crippen LogP contribution in [0.4, 0.5) is 0 Å². The van der Waals surface area contributed by atoms with Crippen LogP contribution in [0, 0.1) is 0 Å². The van der Waals surface area contributed by atoms with E-state index in [1.54, 1.807) is 11.0 Å². The first-order valence-corrected chi connectivity index (χ1v) is 12.6. The van der Waals surface area contributed by atoms with E-state index in [0.717, 1.165) is 24.0 Å². The van der Waals surface area contributed by atoms with Gasteiger partial charge < -0.3 is 29.9 Å². The average molecular weight is 493 g/mol. The highest BCUT2D eigenvalue weighted by atomic mass is 16.5. The summed E-state index contributed by atoms with van der Waals surface area (Å²) in [7, 11) is 0. The van der Waals surface area contributed by atoms with Gasteiger partial charge in [0.15, 0.2) is 0 Å². The first-order valence-electron chi connectivity index (χ1n) is 12.6. The third-order valence-corrected chi connectivity index (χ3v) is 7.18. The van der Waals surface area contributed by atoms with Gasteiger partial charge in [-0.15, -0.1) is 0 Å². The van der Waals surface area contributed by atoms with E-state index in [9.17, 15) is 19.8 Å². The Kier molecular flexibility index (Phi) is 7.36. The third kappa shape index (κ3) is 4.89. The molecule has 1 aliphatic carbocycles. The lowest BCUT2D eigenvalue weighted by molar-refractivity contribution is -0.138. The zero-order chi connectivity index (χ0) is 25.1. The summed E-state index contributed by atoms with van der Waals surface area (Å²) in [6.45, 7) is 0.884. The van der Waals surface area contributed by atoms with Crippen LogP contribution in [0.2, 0.25) is 0 Å². The minimum atomic E-state index is -1.04. The topological polar surface area (TPSA) is 108 Å². The zero-order valence-corrected chi connectivity index (χ0v) is 20.1. The van der Waals surface area contributed by atoms with Crippen molar-refractivity contribution in [1.29, 1.82) is 0 Å². The molecule has 1 saturated heterocycles. The molecule has 1 fully saturated rings. The maximum atomic E-state index is 13.7. The van der Waals surface area contributed by atoms with E-state index in [4.69, 9.17) is 9.47 Å². The molecule has 5 rings (SSSR count). The van der Waals surface area contributed by atoms with Crippen molar-refractivity contribution in [3.05, 3.63) is 77.4 Å². The number of benzene rings is 2. The highest BCUT2D eigenvalue weighted by Gasteiger charge is 2.50. The molecule has 36 heavy (non-hydrogen) atoms. The predicted octanol–water partition coefficient (Wildman–Crippen LogP) is 1.56. The van der Waals surface area contributed by atoms with Gasteiger partial charge in [-0.2, -0.15) is 0 Å². The van der Waals surface area contributed by atoms with Crippen molar-refractivity contribution < 1.29 is 29.3 Å². The highest BCUT2D eigenvalue weighted by molar-refractivity contribution is 5.96. The molecule has 2 heterocycles. The molecule has 8 heteroatoms. The minimum absolute atomic E-state index is 0.107. The van der Waals surface area contributed by atoms with Crippen LogP contribution >= 0.6 is 0 Å². The van der Waals surface area contributed by atoms with Gasteiger partial charge in [-0.05, 0) is 30.5 Å². The number of carbonyl (C=O) groups excluding carboxylic acids is 2. The van der Waals surface area contributed by atoms with Crippen molar-refractivity contribution in [3.8, 4) is 5.75 Å². The Labute approximate surface area is 210 Å². The molecular formula is C28H32N2O6. The highest BCUT2D eigenvalue weighted by Crippen LogP contribution is 2.47. The molecule has 190 valence electrons. The smallest absolute Gasteiger partial charge is 0.247 e. The Morgan fingerprint density at radius 2 is 1.86 bits per heavy atom. The maximum absolute atomic E-state index is 13.7. The number of nitrogens with one attached hydrogen (secondary N) is 1. The molecule has 2 aromatic carbocycles. The third-order valence-electron chi connectivity index (χ3n) is 7.18. The van der Waals surface area contributed by atoms with Crippen LogP contribution < -0.4 is 10.1 Å². The molecule has 3 aliphatic rings. The fourth-order valence-corrected chi connectivity index (χ4v) is 5.46. The van der Waals surface area contributed by atoms with E-state index >= 15 is 0 Å². The van der Waals surface area contributed by atoms with E-state index < -0.39 is 24.2 Å². The van der Waals surface area contributed by atoms with Gasteiger partial charge in [0.25, 0.3) is 0 Å². The van der Waals surface area contributed by atoms with Crippen LogP contribution in [0.5, 0.6) is 5.75 Å². The van der Waals surface area contributed by atoms with Crippen molar-refractivity contribution >= 4 is 11.8 Å². The normalized spacial score (nSPS) is 26.4. The summed E-state index contributed by atoms with van der Waals surface area (Å²) in [4.78, 5) is 28.5. The van der Waals surface area contributed by atoms with Crippen LogP contribution in [0.3, 0.4) is 0 Å². The van der Waals surface area contributed by atoms with Crippen LogP contribution in [-0.4, -0.2) is 77.6 Å². The zero-order valence-electron chi connectivity index (χ0n) is 20.1. The number of nitrogens with zero attached hydrogens (tertiary/aromatic N) is 1. The van der Waals surface area contributed by atoms with Crippen LogP contribution in [0.25, 0.3) is 0 Å². The molecule has 3 N–H and O–H groups in total. The number of amides is 2. The number of aliphatic hydroxyl groups excluding tert-OH is 2. The Morgan fingerprint density at radius 1 is 1.08 bits per heavy atom. The molecule has 5 atom stereocenters. The Bertz CT molecular complexity index is 1110. The van der Waals surface area contributed by atoms with Crippen molar-refractivity contribution in [3.63, 3.8) is 0 Å². The molecule has 0 aromatic heterocycles.